The van der Waals surface area contributed by atoms with Gasteiger partial charge in [0.25, 0.3) is 0 Å². The first-order chi connectivity index (χ1) is 14.6. The predicted molar refractivity (Wildman–Crippen MR) is 108 cm³/mol. The van der Waals surface area contributed by atoms with Crippen molar-refractivity contribution in [1.82, 2.24) is 30.1 Å². The number of oxazole rings is 1. The molecule has 2 N–H and O–H groups in total. The van der Waals surface area contributed by atoms with Gasteiger partial charge in [-0.05, 0) is 37.3 Å². The van der Waals surface area contributed by atoms with Crippen molar-refractivity contribution in [2.45, 2.75) is 6.92 Å². The number of rotatable bonds is 4. The van der Waals surface area contributed by atoms with E-state index >= 15 is 0 Å². The minimum Gasteiger partial charge on any atom is -0.476 e. The Kier molecular flexibility index (Phi) is 4.06. The molecule has 5 aromatic heterocycles. The first-order valence-corrected chi connectivity index (χ1v) is 9.02. The highest BCUT2D eigenvalue weighted by Gasteiger charge is 2.15. The zero-order chi connectivity index (χ0) is 20.7. The summed E-state index contributed by atoms with van der Waals surface area (Å²) in [7, 11) is 0. The molecular formula is C21H14N6O3. The molecule has 0 aliphatic rings. The van der Waals surface area contributed by atoms with E-state index in [2.05, 4.69) is 25.1 Å². The number of fused-ring (bicyclic) bond motifs is 1. The van der Waals surface area contributed by atoms with Gasteiger partial charge in [-0.15, -0.1) is 0 Å². The fraction of sp³-hybridized carbons (Fsp3) is 0.0476. The molecule has 0 aliphatic carbocycles. The standard InChI is InChI=1S/C21H14N6O3/c1-11-3-2-4-16(24-11)19-13(9-23-27-19)14-5-6-15-17(25-14)7-12(8-22-15)20-26-18(10-30-20)21(28)29/h2-10H,1H3,(H,23,27)(H,28,29). The summed E-state index contributed by atoms with van der Waals surface area (Å²) in [6.45, 7) is 1.93. The number of nitrogens with one attached hydrogen (secondary N) is 1. The molecular weight excluding hydrogens is 384 g/mol. The Morgan fingerprint density at radius 3 is 2.73 bits per heavy atom. The number of aryl methyl sites for hydroxylation is 1. The fourth-order valence-corrected chi connectivity index (χ4v) is 3.14. The third-order valence-corrected chi connectivity index (χ3v) is 4.57. The topological polar surface area (TPSA) is 131 Å². The zero-order valence-electron chi connectivity index (χ0n) is 15.7. The highest BCUT2D eigenvalue weighted by molar-refractivity contribution is 5.86. The smallest absolute Gasteiger partial charge is 0.357 e. The summed E-state index contributed by atoms with van der Waals surface area (Å²) in [5.41, 5.74) is 5.63. The van der Waals surface area contributed by atoms with Crippen molar-refractivity contribution in [1.29, 1.82) is 0 Å². The zero-order valence-corrected chi connectivity index (χ0v) is 15.7. The predicted octanol–water partition coefficient (Wildman–Crippen LogP) is 3.74. The SMILES string of the molecule is Cc1cccc(-c2[nH]ncc2-c2ccc3ncc(-c4nc(C(=O)O)co4)cc3n2)n1. The molecule has 9 heteroatoms. The Bertz CT molecular complexity index is 1400. The highest BCUT2D eigenvalue weighted by atomic mass is 16.4. The molecule has 0 bridgehead atoms. The van der Waals surface area contributed by atoms with Gasteiger partial charge in [-0.25, -0.2) is 14.8 Å². The van der Waals surface area contributed by atoms with Crippen molar-refractivity contribution in [2.24, 2.45) is 0 Å². The highest BCUT2D eigenvalue weighted by Crippen LogP contribution is 2.30. The number of nitrogens with zero attached hydrogens (tertiary/aromatic N) is 5. The molecule has 0 aliphatic heterocycles. The number of carboxylic acid groups (broad SMARTS) is 1. The number of hydrogen-bond donors (Lipinski definition) is 2. The van der Waals surface area contributed by atoms with E-state index < -0.39 is 5.97 Å². The van der Waals surface area contributed by atoms with Crippen LogP contribution in [-0.2, 0) is 0 Å². The van der Waals surface area contributed by atoms with E-state index in [4.69, 9.17) is 14.5 Å². The summed E-state index contributed by atoms with van der Waals surface area (Å²) in [6.07, 6.45) is 4.37. The normalized spacial score (nSPS) is 11.1. The first-order valence-electron chi connectivity index (χ1n) is 9.02. The van der Waals surface area contributed by atoms with Crippen LogP contribution in [0.2, 0.25) is 0 Å². The van der Waals surface area contributed by atoms with Gasteiger partial charge in [-0.1, -0.05) is 6.07 Å². The lowest BCUT2D eigenvalue weighted by molar-refractivity contribution is 0.0690. The van der Waals surface area contributed by atoms with Gasteiger partial charge in [0, 0.05) is 17.5 Å². The number of pyridine rings is 3. The van der Waals surface area contributed by atoms with Crippen molar-refractivity contribution in [3.63, 3.8) is 0 Å². The molecule has 146 valence electrons. The lowest BCUT2D eigenvalue weighted by Gasteiger charge is -2.05. The molecule has 5 heterocycles. The van der Waals surface area contributed by atoms with Crippen LogP contribution >= 0.6 is 0 Å². The van der Waals surface area contributed by atoms with Crippen molar-refractivity contribution < 1.29 is 14.3 Å². The van der Waals surface area contributed by atoms with Gasteiger partial charge in [-0.2, -0.15) is 5.10 Å². The second-order valence-electron chi connectivity index (χ2n) is 6.62. The molecule has 0 spiro atoms. The van der Waals surface area contributed by atoms with Gasteiger partial charge in [0.05, 0.1) is 39.9 Å². The fourth-order valence-electron chi connectivity index (χ4n) is 3.14. The third-order valence-electron chi connectivity index (χ3n) is 4.57. The van der Waals surface area contributed by atoms with Crippen molar-refractivity contribution in [2.75, 3.05) is 0 Å². The van der Waals surface area contributed by atoms with Gasteiger partial charge in [0.2, 0.25) is 5.89 Å². The summed E-state index contributed by atoms with van der Waals surface area (Å²) in [6, 6.07) is 11.3. The van der Waals surface area contributed by atoms with Crippen molar-refractivity contribution in [3.05, 3.63) is 66.4 Å². The second-order valence-corrected chi connectivity index (χ2v) is 6.62. The maximum absolute atomic E-state index is 11.0. The number of aromatic amines is 1. The van der Waals surface area contributed by atoms with Crippen LogP contribution in [0.25, 0.3) is 45.1 Å². The Balaban J connectivity index is 1.58. The monoisotopic (exact) mass is 398 g/mol. The average molecular weight is 398 g/mol. The maximum atomic E-state index is 11.0. The maximum Gasteiger partial charge on any atom is 0.357 e. The largest absolute Gasteiger partial charge is 0.476 e. The molecule has 5 aromatic rings. The molecule has 0 aromatic carbocycles. The molecule has 5 rings (SSSR count). The molecule has 30 heavy (non-hydrogen) atoms. The summed E-state index contributed by atoms with van der Waals surface area (Å²) >= 11 is 0. The number of carboxylic acids is 1. The number of H-pyrrole nitrogens is 1. The van der Waals surface area contributed by atoms with Gasteiger partial charge in [0.15, 0.2) is 5.69 Å². The average Bonchev–Trinajstić information content (AvgIpc) is 3.43. The third kappa shape index (κ3) is 3.08. The van der Waals surface area contributed by atoms with Crippen LogP contribution in [0, 0.1) is 6.92 Å². The van der Waals surface area contributed by atoms with Gasteiger partial charge in [0.1, 0.15) is 6.26 Å². The Morgan fingerprint density at radius 2 is 1.93 bits per heavy atom. The second kappa shape index (κ2) is 6.89. The minimum absolute atomic E-state index is 0.166. The van der Waals surface area contributed by atoms with Crippen LogP contribution in [0.1, 0.15) is 16.2 Å². The van der Waals surface area contributed by atoms with Crippen LogP contribution in [0.4, 0.5) is 0 Å². The summed E-state index contributed by atoms with van der Waals surface area (Å²) in [5.74, 6) is -0.988. The van der Waals surface area contributed by atoms with E-state index in [1.54, 1.807) is 18.5 Å². The lowest BCUT2D eigenvalue weighted by atomic mass is 10.1. The summed E-state index contributed by atoms with van der Waals surface area (Å²) in [5, 5.41) is 16.2. The molecule has 0 amide bonds. The van der Waals surface area contributed by atoms with Crippen molar-refractivity contribution in [3.8, 4) is 34.1 Å². The van der Waals surface area contributed by atoms with Gasteiger partial charge in [-0.3, -0.25) is 15.1 Å². The van der Waals surface area contributed by atoms with Crippen LogP contribution in [-0.4, -0.2) is 41.2 Å². The molecule has 0 fully saturated rings. The summed E-state index contributed by atoms with van der Waals surface area (Å²) < 4.78 is 5.27. The first kappa shape index (κ1) is 17.7. The number of carbonyl (C=O) groups is 1. The van der Waals surface area contributed by atoms with E-state index in [1.807, 2.05) is 37.3 Å². The van der Waals surface area contributed by atoms with E-state index in [0.29, 0.717) is 22.3 Å². The van der Waals surface area contributed by atoms with Gasteiger partial charge < -0.3 is 9.52 Å². The Labute approximate surface area is 169 Å². The van der Waals surface area contributed by atoms with E-state index in [9.17, 15) is 4.79 Å². The quantitative estimate of drug-likeness (QED) is 0.468. The van der Waals surface area contributed by atoms with E-state index in [0.717, 1.165) is 28.9 Å². The summed E-state index contributed by atoms with van der Waals surface area (Å²) in [4.78, 5) is 28.7. The van der Waals surface area contributed by atoms with E-state index in [1.165, 1.54) is 0 Å². The molecule has 9 nitrogen and oxygen atoms in total. The van der Waals surface area contributed by atoms with Crippen LogP contribution in [0.3, 0.4) is 0 Å². The molecule has 0 saturated heterocycles. The molecule has 0 saturated carbocycles. The molecule has 0 radical (unpaired) electrons. The van der Waals surface area contributed by atoms with E-state index in [-0.39, 0.29) is 11.6 Å². The van der Waals surface area contributed by atoms with Gasteiger partial charge >= 0.3 is 5.97 Å². The van der Waals surface area contributed by atoms with Crippen molar-refractivity contribution >= 4 is 17.0 Å². The molecule has 0 atom stereocenters. The molecule has 0 unspecified atom stereocenters. The Hall–Kier alpha value is -4.40. The minimum atomic E-state index is -1.16. The number of aromatic nitrogens is 6. The number of aromatic carboxylic acids is 1. The Morgan fingerprint density at radius 1 is 1.03 bits per heavy atom. The van der Waals surface area contributed by atoms with Crippen LogP contribution in [0.5, 0.6) is 0 Å². The van der Waals surface area contributed by atoms with Crippen LogP contribution < -0.4 is 0 Å². The number of hydrogen-bond acceptors (Lipinski definition) is 7. The lowest BCUT2D eigenvalue weighted by Crippen LogP contribution is -1.95. The van der Waals surface area contributed by atoms with Crippen LogP contribution in [0.15, 0.2) is 59.5 Å².